The lowest BCUT2D eigenvalue weighted by Crippen LogP contribution is -2.25. The molecule has 49 heavy (non-hydrogen) atoms. The first-order valence-electron chi connectivity index (χ1n) is 15.6. The average Bonchev–Trinajstić information content (AvgIpc) is 3.44. The van der Waals surface area contributed by atoms with Gasteiger partial charge in [-0.15, -0.1) is 0 Å². The molecule has 0 spiro atoms. The number of aromatic nitrogens is 4. The first-order chi connectivity index (χ1) is 23.6. The minimum absolute atomic E-state index is 0.206. The summed E-state index contributed by atoms with van der Waals surface area (Å²) < 4.78 is 6.42. The third kappa shape index (κ3) is 6.79. The van der Waals surface area contributed by atoms with Crippen LogP contribution in [0.1, 0.15) is 22.5 Å². The standard InChI is InChI=1S/C37H36N8O4/c1-24-32(34(46)44(42(24)3)30-11-7-5-8-12-30)40-36(48)38-28-19-15-26(16-20-28)23-27-17-21-29(22-18-27)39-37(49)41-33-25(2)43(4)45(35(33)47)31-13-9-6-10-14-31/h5-22H,23H2,1-4H3,(H2,38,40,48)(H2,39,41,49). The second-order valence-corrected chi connectivity index (χ2v) is 11.6. The van der Waals surface area contributed by atoms with E-state index in [0.29, 0.717) is 40.6 Å². The number of carbonyl (C=O) groups excluding carboxylic acids is 2. The number of hydrogen-bond acceptors (Lipinski definition) is 4. The van der Waals surface area contributed by atoms with Crippen molar-refractivity contribution in [3.05, 3.63) is 152 Å². The molecule has 0 unspecified atom stereocenters. The largest absolute Gasteiger partial charge is 0.323 e. The molecular weight excluding hydrogens is 620 g/mol. The zero-order chi connectivity index (χ0) is 34.7. The van der Waals surface area contributed by atoms with E-state index in [1.165, 1.54) is 9.36 Å². The highest BCUT2D eigenvalue weighted by Crippen LogP contribution is 2.19. The Labute approximate surface area is 282 Å². The second-order valence-electron chi connectivity index (χ2n) is 11.6. The van der Waals surface area contributed by atoms with Crippen molar-refractivity contribution in [2.75, 3.05) is 21.3 Å². The molecule has 4 N–H and O–H groups in total. The number of urea groups is 2. The number of para-hydroxylation sites is 2. The molecule has 0 aliphatic rings. The molecule has 0 aliphatic carbocycles. The maximum absolute atomic E-state index is 13.1. The molecular formula is C37H36N8O4. The molecule has 6 aromatic rings. The van der Waals surface area contributed by atoms with Gasteiger partial charge in [0.05, 0.1) is 22.8 Å². The maximum atomic E-state index is 13.1. The summed E-state index contributed by atoms with van der Waals surface area (Å²) in [6, 6.07) is 32.3. The van der Waals surface area contributed by atoms with Crippen LogP contribution in [0, 0.1) is 13.8 Å². The zero-order valence-electron chi connectivity index (χ0n) is 27.5. The summed E-state index contributed by atoms with van der Waals surface area (Å²) >= 11 is 0. The molecule has 12 heteroatoms. The van der Waals surface area contributed by atoms with Gasteiger partial charge in [0.25, 0.3) is 11.1 Å². The van der Waals surface area contributed by atoms with E-state index in [1.54, 1.807) is 61.6 Å². The molecule has 0 bridgehead atoms. The fourth-order valence-electron chi connectivity index (χ4n) is 5.62. The number of anilines is 4. The van der Waals surface area contributed by atoms with Crippen molar-refractivity contribution in [1.29, 1.82) is 0 Å². The van der Waals surface area contributed by atoms with Gasteiger partial charge in [-0.25, -0.2) is 19.0 Å². The lowest BCUT2D eigenvalue weighted by atomic mass is 10.0. The van der Waals surface area contributed by atoms with Crippen molar-refractivity contribution in [2.45, 2.75) is 20.3 Å². The van der Waals surface area contributed by atoms with Crippen molar-refractivity contribution in [1.82, 2.24) is 18.7 Å². The van der Waals surface area contributed by atoms with E-state index in [-0.39, 0.29) is 22.5 Å². The van der Waals surface area contributed by atoms with Crippen LogP contribution in [-0.4, -0.2) is 30.8 Å². The van der Waals surface area contributed by atoms with Crippen molar-refractivity contribution >= 4 is 34.8 Å². The van der Waals surface area contributed by atoms with Crippen LogP contribution in [0.4, 0.5) is 32.3 Å². The van der Waals surface area contributed by atoms with E-state index in [1.807, 2.05) is 84.9 Å². The highest BCUT2D eigenvalue weighted by Gasteiger charge is 2.19. The van der Waals surface area contributed by atoms with Gasteiger partial charge in [-0.05, 0) is 79.9 Å². The lowest BCUT2D eigenvalue weighted by Gasteiger charge is -2.09. The number of rotatable bonds is 8. The molecule has 248 valence electrons. The van der Waals surface area contributed by atoms with Gasteiger partial charge in [0.1, 0.15) is 11.4 Å². The number of benzene rings is 4. The van der Waals surface area contributed by atoms with Gasteiger partial charge in [0, 0.05) is 25.5 Å². The third-order valence-corrected chi connectivity index (χ3v) is 8.42. The smallest absolute Gasteiger partial charge is 0.308 e. The Balaban J connectivity index is 1.04. The average molecular weight is 657 g/mol. The summed E-state index contributed by atoms with van der Waals surface area (Å²) in [7, 11) is 3.54. The summed E-state index contributed by atoms with van der Waals surface area (Å²) in [5.41, 5.74) is 5.61. The first kappa shape index (κ1) is 32.4. The molecule has 2 heterocycles. The maximum Gasteiger partial charge on any atom is 0.323 e. The van der Waals surface area contributed by atoms with E-state index < -0.39 is 12.1 Å². The molecule has 0 radical (unpaired) electrons. The van der Waals surface area contributed by atoms with Crippen LogP contribution in [0.3, 0.4) is 0 Å². The zero-order valence-corrected chi connectivity index (χ0v) is 27.5. The van der Waals surface area contributed by atoms with Gasteiger partial charge < -0.3 is 21.3 Å². The number of amides is 4. The molecule has 12 nitrogen and oxygen atoms in total. The predicted octanol–water partition coefficient (Wildman–Crippen LogP) is 6.16. The van der Waals surface area contributed by atoms with Gasteiger partial charge in [-0.1, -0.05) is 60.7 Å². The highest BCUT2D eigenvalue weighted by atomic mass is 16.2. The summed E-state index contributed by atoms with van der Waals surface area (Å²) in [6.45, 7) is 3.55. The minimum Gasteiger partial charge on any atom is -0.308 e. The van der Waals surface area contributed by atoms with Crippen molar-refractivity contribution in [3.8, 4) is 11.4 Å². The Bertz CT molecular complexity index is 2090. The molecule has 0 saturated carbocycles. The molecule has 4 amide bonds. The Morgan fingerprint density at radius 3 is 1.20 bits per heavy atom. The van der Waals surface area contributed by atoms with Crippen LogP contribution >= 0.6 is 0 Å². The van der Waals surface area contributed by atoms with E-state index in [0.717, 1.165) is 11.1 Å². The summed E-state index contributed by atoms with van der Waals surface area (Å²) in [4.78, 5) is 51.8. The second kappa shape index (κ2) is 13.7. The van der Waals surface area contributed by atoms with E-state index in [2.05, 4.69) is 21.3 Å². The normalized spacial score (nSPS) is 10.9. The Hall–Kier alpha value is -6.56. The van der Waals surface area contributed by atoms with Crippen LogP contribution < -0.4 is 32.4 Å². The number of carbonyl (C=O) groups is 2. The lowest BCUT2D eigenvalue weighted by molar-refractivity contribution is 0.261. The van der Waals surface area contributed by atoms with Gasteiger partial charge >= 0.3 is 12.1 Å². The first-order valence-corrected chi connectivity index (χ1v) is 15.6. The summed E-state index contributed by atoms with van der Waals surface area (Å²) in [5.74, 6) is 0. The molecule has 4 aromatic carbocycles. The van der Waals surface area contributed by atoms with Gasteiger partial charge in [0.15, 0.2) is 0 Å². The number of nitrogens with zero attached hydrogens (tertiary/aromatic N) is 4. The fourth-order valence-corrected chi connectivity index (χ4v) is 5.62. The van der Waals surface area contributed by atoms with Crippen LogP contribution in [-0.2, 0) is 20.5 Å². The van der Waals surface area contributed by atoms with E-state index >= 15 is 0 Å². The molecule has 0 saturated heterocycles. The van der Waals surface area contributed by atoms with E-state index in [9.17, 15) is 19.2 Å². The summed E-state index contributed by atoms with van der Waals surface area (Å²) in [5, 5.41) is 11.0. The number of nitrogens with one attached hydrogen (secondary N) is 4. The fraction of sp³-hybridized carbons (Fsp3) is 0.135. The van der Waals surface area contributed by atoms with Gasteiger partial charge in [0.2, 0.25) is 0 Å². The topological polar surface area (TPSA) is 136 Å². The molecule has 0 aliphatic heterocycles. The van der Waals surface area contributed by atoms with Crippen molar-refractivity contribution in [3.63, 3.8) is 0 Å². The molecule has 0 atom stereocenters. The predicted molar refractivity (Wildman–Crippen MR) is 192 cm³/mol. The molecule has 2 aromatic heterocycles. The minimum atomic E-state index is -0.518. The van der Waals surface area contributed by atoms with Crippen molar-refractivity contribution in [2.24, 2.45) is 14.1 Å². The van der Waals surface area contributed by atoms with Crippen LogP contribution in [0.25, 0.3) is 11.4 Å². The molecule has 0 fully saturated rings. The quantitative estimate of drug-likeness (QED) is 0.156. The monoisotopic (exact) mass is 656 g/mol. The third-order valence-electron chi connectivity index (χ3n) is 8.42. The van der Waals surface area contributed by atoms with Crippen LogP contribution in [0.2, 0.25) is 0 Å². The molecule has 6 rings (SSSR count). The van der Waals surface area contributed by atoms with Crippen LogP contribution in [0.15, 0.2) is 119 Å². The highest BCUT2D eigenvalue weighted by molar-refractivity contribution is 6.00. The number of hydrogen-bond donors (Lipinski definition) is 4. The summed E-state index contributed by atoms with van der Waals surface area (Å²) in [6.07, 6.45) is 0.628. The SMILES string of the molecule is Cc1c(NC(=O)Nc2ccc(Cc3ccc(NC(=O)Nc4c(C)n(C)n(-c5ccccc5)c4=O)cc3)cc2)c(=O)n(-c2ccccc2)n1C. The van der Waals surface area contributed by atoms with Gasteiger partial charge in [-0.3, -0.25) is 19.0 Å². The van der Waals surface area contributed by atoms with Gasteiger partial charge in [-0.2, -0.15) is 0 Å². The Morgan fingerprint density at radius 2 is 0.857 bits per heavy atom. The van der Waals surface area contributed by atoms with Crippen molar-refractivity contribution < 1.29 is 9.59 Å². The Morgan fingerprint density at radius 1 is 0.510 bits per heavy atom. The van der Waals surface area contributed by atoms with E-state index in [4.69, 9.17) is 0 Å². The van der Waals surface area contributed by atoms with Crippen LogP contribution in [0.5, 0.6) is 0 Å². The Kier molecular flexibility index (Phi) is 9.03.